The van der Waals surface area contributed by atoms with E-state index >= 15 is 0 Å². The van der Waals surface area contributed by atoms with E-state index in [1.165, 1.54) is 0 Å². The molecule has 26 heavy (non-hydrogen) atoms. The number of carbonyl (C=O) groups excluding carboxylic acids is 2. The second kappa shape index (κ2) is 6.34. The zero-order valence-corrected chi connectivity index (χ0v) is 13.7. The number of carbonyl (C=O) groups is 2. The van der Waals surface area contributed by atoms with Gasteiger partial charge in [0, 0.05) is 10.8 Å². The molecule has 0 aliphatic carbocycles. The maximum Gasteiger partial charge on any atom is 0.293 e. The highest BCUT2D eigenvalue weighted by atomic mass is 16.2. The van der Waals surface area contributed by atoms with Crippen LogP contribution < -0.4 is 5.84 Å². The summed E-state index contributed by atoms with van der Waals surface area (Å²) in [7, 11) is 0. The molecule has 6 nitrogen and oxygen atoms in total. The summed E-state index contributed by atoms with van der Waals surface area (Å²) < 4.78 is 0. The first-order valence-electron chi connectivity index (χ1n) is 7.98. The summed E-state index contributed by atoms with van der Waals surface area (Å²) in [6.45, 7) is 0. The van der Waals surface area contributed by atoms with Crippen LogP contribution in [0.25, 0.3) is 21.8 Å². The number of amides is 2. The molecule has 0 fully saturated rings. The van der Waals surface area contributed by atoms with Crippen molar-refractivity contribution in [2.75, 3.05) is 0 Å². The van der Waals surface area contributed by atoms with Crippen molar-refractivity contribution in [3.63, 3.8) is 0 Å². The SMILES string of the molecule is NN(C(=O)c1ccc2ccccc2n1)C(=O)c1ccc2ccccc2n1. The third kappa shape index (κ3) is 2.78. The summed E-state index contributed by atoms with van der Waals surface area (Å²) >= 11 is 0. The van der Waals surface area contributed by atoms with Crippen LogP contribution in [0, 0.1) is 0 Å². The molecule has 4 aromatic rings. The van der Waals surface area contributed by atoms with Crippen LogP contribution >= 0.6 is 0 Å². The minimum atomic E-state index is -0.685. The van der Waals surface area contributed by atoms with Crippen molar-refractivity contribution in [3.05, 3.63) is 84.2 Å². The average molecular weight is 342 g/mol. The van der Waals surface area contributed by atoms with E-state index in [0.717, 1.165) is 10.8 Å². The molecule has 126 valence electrons. The second-order valence-electron chi connectivity index (χ2n) is 5.76. The first-order valence-corrected chi connectivity index (χ1v) is 7.98. The fourth-order valence-corrected chi connectivity index (χ4v) is 2.71. The van der Waals surface area contributed by atoms with Crippen LogP contribution in [0.3, 0.4) is 0 Å². The molecule has 0 atom stereocenters. The van der Waals surface area contributed by atoms with Gasteiger partial charge in [-0.1, -0.05) is 48.5 Å². The molecule has 0 radical (unpaired) electrons. The van der Waals surface area contributed by atoms with Crippen molar-refractivity contribution in [2.45, 2.75) is 0 Å². The van der Waals surface area contributed by atoms with Crippen LogP contribution in [-0.2, 0) is 0 Å². The van der Waals surface area contributed by atoms with E-state index in [4.69, 9.17) is 5.84 Å². The van der Waals surface area contributed by atoms with E-state index in [9.17, 15) is 9.59 Å². The summed E-state index contributed by atoms with van der Waals surface area (Å²) in [5.41, 5.74) is 1.51. The molecule has 0 aliphatic rings. The van der Waals surface area contributed by atoms with Gasteiger partial charge in [-0.3, -0.25) is 9.59 Å². The fraction of sp³-hybridized carbons (Fsp3) is 0. The molecule has 0 saturated heterocycles. The lowest BCUT2D eigenvalue weighted by Gasteiger charge is -2.14. The lowest BCUT2D eigenvalue weighted by Crippen LogP contribution is -2.43. The maximum absolute atomic E-state index is 12.6. The number of pyridine rings is 2. The number of rotatable bonds is 2. The Morgan fingerprint density at radius 1 is 0.654 bits per heavy atom. The van der Waals surface area contributed by atoms with Gasteiger partial charge in [0.2, 0.25) is 0 Å². The predicted molar refractivity (Wildman–Crippen MR) is 98.2 cm³/mol. The average Bonchev–Trinajstić information content (AvgIpc) is 2.71. The van der Waals surface area contributed by atoms with Gasteiger partial charge in [-0.2, -0.15) is 0 Å². The molecule has 4 rings (SSSR count). The van der Waals surface area contributed by atoms with Gasteiger partial charge in [0.05, 0.1) is 11.0 Å². The van der Waals surface area contributed by atoms with Gasteiger partial charge < -0.3 is 0 Å². The van der Waals surface area contributed by atoms with E-state index < -0.39 is 11.8 Å². The zero-order chi connectivity index (χ0) is 18.1. The van der Waals surface area contributed by atoms with Crippen LogP contribution in [-0.4, -0.2) is 26.8 Å². The maximum atomic E-state index is 12.6. The van der Waals surface area contributed by atoms with Gasteiger partial charge in [0.25, 0.3) is 11.8 Å². The molecule has 2 aromatic heterocycles. The quantitative estimate of drug-likeness (QED) is 0.262. The molecule has 0 spiro atoms. The Bertz CT molecular complexity index is 1070. The Balaban J connectivity index is 1.64. The normalized spacial score (nSPS) is 10.8. The van der Waals surface area contributed by atoms with Gasteiger partial charge in [-0.15, -0.1) is 0 Å². The molecule has 0 unspecified atom stereocenters. The Labute approximate surface area is 148 Å². The highest BCUT2D eigenvalue weighted by Crippen LogP contribution is 2.15. The first-order chi connectivity index (χ1) is 12.6. The molecule has 2 aromatic carbocycles. The second-order valence-corrected chi connectivity index (χ2v) is 5.76. The Morgan fingerprint density at radius 3 is 1.54 bits per heavy atom. The van der Waals surface area contributed by atoms with Gasteiger partial charge in [0.1, 0.15) is 11.4 Å². The fourth-order valence-electron chi connectivity index (χ4n) is 2.71. The number of hydrazine groups is 1. The number of aromatic nitrogens is 2. The molecule has 2 N–H and O–H groups in total. The number of benzene rings is 2. The van der Waals surface area contributed by atoms with E-state index in [0.29, 0.717) is 16.0 Å². The first kappa shape index (κ1) is 15.9. The Hall–Kier alpha value is -3.64. The van der Waals surface area contributed by atoms with Crippen LogP contribution in [0.15, 0.2) is 72.8 Å². The standard InChI is InChI=1S/C20H14N4O2/c21-24(19(25)17-11-9-13-5-1-3-7-15(13)22-17)20(26)18-12-10-14-6-2-4-8-16(14)23-18/h1-12H,21H2. The molecule has 0 aliphatic heterocycles. The summed E-state index contributed by atoms with van der Waals surface area (Å²) in [6.07, 6.45) is 0. The predicted octanol–water partition coefficient (Wildman–Crippen LogP) is 2.94. The number of para-hydroxylation sites is 2. The van der Waals surface area contributed by atoms with Gasteiger partial charge >= 0.3 is 0 Å². The highest BCUT2D eigenvalue weighted by Gasteiger charge is 2.23. The molecule has 2 amide bonds. The van der Waals surface area contributed by atoms with E-state index in [1.807, 2.05) is 36.4 Å². The van der Waals surface area contributed by atoms with Crippen molar-refractivity contribution >= 4 is 33.6 Å². The number of nitrogens with two attached hydrogens (primary N) is 1. The smallest absolute Gasteiger partial charge is 0.265 e. The minimum Gasteiger partial charge on any atom is -0.265 e. The number of nitrogens with zero attached hydrogens (tertiary/aromatic N) is 3. The molecule has 0 saturated carbocycles. The van der Waals surface area contributed by atoms with Gasteiger partial charge in [-0.05, 0) is 24.3 Å². The lowest BCUT2D eigenvalue weighted by molar-refractivity contribution is 0.0609. The molecular weight excluding hydrogens is 328 g/mol. The lowest BCUT2D eigenvalue weighted by atomic mass is 10.2. The number of fused-ring (bicyclic) bond motifs is 2. The van der Waals surface area contributed by atoms with Crippen LogP contribution in [0.4, 0.5) is 0 Å². The van der Waals surface area contributed by atoms with Crippen LogP contribution in [0.5, 0.6) is 0 Å². The van der Waals surface area contributed by atoms with Gasteiger partial charge in [-0.25, -0.2) is 20.8 Å². The number of imide groups is 1. The number of hydrogen-bond acceptors (Lipinski definition) is 5. The molecule has 2 heterocycles. The topological polar surface area (TPSA) is 89.2 Å². The van der Waals surface area contributed by atoms with Crippen molar-refractivity contribution < 1.29 is 9.59 Å². The minimum absolute atomic E-state index is 0.0975. The molecule has 0 bridgehead atoms. The van der Waals surface area contributed by atoms with Gasteiger partial charge in [0.15, 0.2) is 0 Å². The third-order valence-corrected chi connectivity index (χ3v) is 4.07. The summed E-state index contributed by atoms with van der Waals surface area (Å²) in [6, 6.07) is 21.4. The summed E-state index contributed by atoms with van der Waals surface area (Å²) in [4.78, 5) is 33.7. The summed E-state index contributed by atoms with van der Waals surface area (Å²) in [5, 5.41) is 2.35. The molecule has 6 heteroatoms. The largest absolute Gasteiger partial charge is 0.293 e. The van der Waals surface area contributed by atoms with Crippen molar-refractivity contribution in [1.82, 2.24) is 15.0 Å². The zero-order valence-electron chi connectivity index (χ0n) is 13.7. The number of hydrogen-bond donors (Lipinski definition) is 1. The monoisotopic (exact) mass is 342 g/mol. The van der Waals surface area contributed by atoms with Crippen molar-refractivity contribution in [3.8, 4) is 0 Å². The summed E-state index contributed by atoms with van der Waals surface area (Å²) in [5.74, 6) is 4.40. The van der Waals surface area contributed by atoms with Crippen molar-refractivity contribution in [2.24, 2.45) is 5.84 Å². The van der Waals surface area contributed by atoms with E-state index in [1.54, 1.807) is 36.4 Å². The van der Waals surface area contributed by atoms with E-state index in [2.05, 4.69) is 9.97 Å². The Morgan fingerprint density at radius 2 is 1.08 bits per heavy atom. The van der Waals surface area contributed by atoms with Crippen LogP contribution in [0.2, 0.25) is 0 Å². The van der Waals surface area contributed by atoms with Crippen LogP contribution in [0.1, 0.15) is 21.0 Å². The van der Waals surface area contributed by atoms with Crippen molar-refractivity contribution in [1.29, 1.82) is 0 Å². The highest BCUT2D eigenvalue weighted by molar-refractivity contribution is 6.09. The molecular formula is C20H14N4O2. The third-order valence-electron chi connectivity index (χ3n) is 4.07. The van der Waals surface area contributed by atoms with E-state index in [-0.39, 0.29) is 11.4 Å². The Kier molecular flexibility index (Phi) is 3.87.